The van der Waals surface area contributed by atoms with Crippen molar-refractivity contribution >= 4 is 17.9 Å². The van der Waals surface area contributed by atoms with Gasteiger partial charge in [-0.2, -0.15) is 0 Å². The molecule has 0 radical (unpaired) electrons. The second-order valence-corrected chi connectivity index (χ2v) is 10.9. The molecule has 0 bridgehead atoms. The molecule has 8 nitrogen and oxygen atoms in total. The van der Waals surface area contributed by atoms with Gasteiger partial charge in [-0.15, -0.1) is 0 Å². The summed E-state index contributed by atoms with van der Waals surface area (Å²) in [5, 5.41) is 15.7. The third-order valence-electron chi connectivity index (χ3n) is 6.06. The predicted molar refractivity (Wildman–Crippen MR) is 147 cm³/mol. The molecule has 2 atom stereocenters. The van der Waals surface area contributed by atoms with Gasteiger partial charge in [0.2, 0.25) is 11.8 Å². The average molecular weight is 520 g/mol. The van der Waals surface area contributed by atoms with Crippen LogP contribution in [0.1, 0.15) is 110 Å². The van der Waals surface area contributed by atoms with Crippen molar-refractivity contribution in [1.82, 2.24) is 15.5 Å². The number of carbonyl (C=O) groups excluding carboxylic acids is 3. The number of amides is 3. The topological polar surface area (TPSA) is 108 Å². The van der Waals surface area contributed by atoms with E-state index >= 15 is 0 Å². The van der Waals surface area contributed by atoms with Crippen molar-refractivity contribution in [3.63, 3.8) is 0 Å². The van der Waals surface area contributed by atoms with Crippen molar-refractivity contribution in [2.75, 3.05) is 13.1 Å². The number of nitrogens with one attached hydrogen (secondary N) is 2. The Morgan fingerprint density at radius 1 is 1.03 bits per heavy atom. The fourth-order valence-corrected chi connectivity index (χ4v) is 4.17. The summed E-state index contributed by atoms with van der Waals surface area (Å²) in [6.07, 6.45) is 7.28. The normalized spacial score (nSPS) is 12.9. The lowest BCUT2D eigenvalue weighted by atomic mass is 10.00. The van der Waals surface area contributed by atoms with Gasteiger partial charge < -0.3 is 25.4 Å². The molecule has 0 aliphatic carbocycles. The lowest BCUT2D eigenvalue weighted by Crippen LogP contribution is -2.49. The van der Waals surface area contributed by atoms with E-state index in [9.17, 15) is 19.5 Å². The van der Waals surface area contributed by atoms with Gasteiger partial charge in [0.25, 0.3) is 0 Å². The molecule has 1 aromatic rings. The third kappa shape index (κ3) is 12.3. The molecule has 0 aromatic heterocycles. The molecule has 0 aliphatic rings. The van der Waals surface area contributed by atoms with E-state index in [1.165, 1.54) is 6.42 Å². The minimum absolute atomic E-state index is 0.0518. The zero-order chi connectivity index (χ0) is 28.0. The summed E-state index contributed by atoms with van der Waals surface area (Å²) < 4.78 is 5.28. The van der Waals surface area contributed by atoms with Gasteiger partial charge in [-0.25, -0.2) is 4.79 Å². The second kappa shape index (κ2) is 16.2. The first kappa shape index (κ1) is 32.3. The molecule has 8 heteroatoms. The lowest BCUT2D eigenvalue weighted by Gasteiger charge is -2.33. The molecule has 0 spiro atoms. The van der Waals surface area contributed by atoms with Gasteiger partial charge in [0.15, 0.2) is 0 Å². The van der Waals surface area contributed by atoms with Crippen LogP contribution in [0.15, 0.2) is 18.2 Å². The minimum Gasteiger partial charge on any atom is -0.508 e. The van der Waals surface area contributed by atoms with Gasteiger partial charge in [0.1, 0.15) is 23.9 Å². The van der Waals surface area contributed by atoms with E-state index < -0.39 is 17.7 Å². The molecule has 0 saturated carbocycles. The summed E-state index contributed by atoms with van der Waals surface area (Å²) >= 11 is 0. The van der Waals surface area contributed by atoms with Crippen LogP contribution in [-0.4, -0.2) is 52.6 Å². The van der Waals surface area contributed by atoms with Gasteiger partial charge in [-0.1, -0.05) is 58.4 Å². The summed E-state index contributed by atoms with van der Waals surface area (Å²) in [5.74, 6) is -0.515. The second-order valence-electron chi connectivity index (χ2n) is 10.9. The van der Waals surface area contributed by atoms with Crippen LogP contribution < -0.4 is 10.6 Å². The summed E-state index contributed by atoms with van der Waals surface area (Å²) in [6, 6.07) is 4.03. The molecule has 3 N–H and O–H groups in total. The first-order valence-electron chi connectivity index (χ1n) is 13.8. The van der Waals surface area contributed by atoms with Gasteiger partial charge in [-0.05, 0) is 70.7 Å². The minimum atomic E-state index is -0.887. The molecule has 0 heterocycles. The SMILES string of the molecule is CCCCCCCCN(C(=O)CNC(=O)OC(C)(C)C)C(C(=O)NC(C)CCC)c1ccc(O)c(C)c1. The maximum Gasteiger partial charge on any atom is 0.408 e. The number of alkyl carbamates (subject to hydrolysis) is 1. The molecule has 1 aromatic carbocycles. The van der Waals surface area contributed by atoms with E-state index in [1.807, 2.05) is 6.92 Å². The van der Waals surface area contributed by atoms with Crippen LogP contribution >= 0.6 is 0 Å². The van der Waals surface area contributed by atoms with Crippen molar-refractivity contribution in [3.05, 3.63) is 29.3 Å². The van der Waals surface area contributed by atoms with Crippen LogP contribution in [0.2, 0.25) is 0 Å². The lowest BCUT2D eigenvalue weighted by molar-refractivity contribution is -0.140. The highest BCUT2D eigenvalue weighted by molar-refractivity contribution is 5.90. The van der Waals surface area contributed by atoms with Crippen molar-refractivity contribution in [3.8, 4) is 5.75 Å². The highest BCUT2D eigenvalue weighted by atomic mass is 16.6. The van der Waals surface area contributed by atoms with E-state index in [4.69, 9.17) is 4.74 Å². The molecule has 37 heavy (non-hydrogen) atoms. The fraction of sp³-hybridized carbons (Fsp3) is 0.690. The fourth-order valence-electron chi connectivity index (χ4n) is 4.17. The van der Waals surface area contributed by atoms with Crippen LogP contribution in [0, 0.1) is 6.92 Å². The highest BCUT2D eigenvalue weighted by Gasteiger charge is 2.32. The number of aromatic hydroxyl groups is 1. The average Bonchev–Trinajstić information content (AvgIpc) is 2.80. The predicted octanol–water partition coefficient (Wildman–Crippen LogP) is 5.76. The molecule has 1 rings (SSSR count). The smallest absolute Gasteiger partial charge is 0.408 e. The standard InChI is InChI=1S/C29H49N3O5/c1-8-10-11-12-13-14-18-32(25(34)20-30-28(36)37-29(5,6)7)26(27(35)31-22(4)15-9-2)23-16-17-24(33)21(3)19-23/h16-17,19,22,26,33H,8-15,18,20H2,1-7H3,(H,30,36)(H,31,35). The van der Waals surface area contributed by atoms with Gasteiger partial charge in [0, 0.05) is 12.6 Å². The summed E-state index contributed by atoms with van der Waals surface area (Å²) in [7, 11) is 0. The summed E-state index contributed by atoms with van der Waals surface area (Å²) in [5.41, 5.74) is 0.552. The summed E-state index contributed by atoms with van der Waals surface area (Å²) in [6.45, 7) is 13.3. The number of benzene rings is 1. The number of nitrogens with zero attached hydrogens (tertiary/aromatic N) is 1. The Bertz CT molecular complexity index is 866. The van der Waals surface area contributed by atoms with E-state index in [2.05, 4.69) is 24.5 Å². The number of rotatable bonds is 15. The third-order valence-corrected chi connectivity index (χ3v) is 6.06. The van der Waals surface area contributed by atoms with E-state index in [-0.39, 0.29) is 30.2 Å². The first-order valence-corrected chi connectivity index (χ1v) is 13.8. The van der Waals surface area contributed by atoms with Crippen molar-refractivity contribution < 1.29 is 24.2 Å². The number of carbonyl (C=O) groups is 3. The Morgan fingerprint density at radius 3 is 2.27 bits per heavy atom. The molecule has 0 aliphatic heterocycles. The Labute approximate surface area is 223 Å². The number of aryl methyl sites for hydroxylation is 1. The van der Waals surface area contributed by atoms with Gasteiger partial charge in [0.05, 0.1) is 0 Å². The number of hydrogen-bond acceptors (Lipinski definition) is 5. The van der Waals surface area contributed by atoms with Crippen LogP contribution in [0.4, 0.5) is 4.79 Å². The van der Waals surface area contributed by atoms with E-state index in [0.29, 0.717) is 17.7 Å². The van der Waals surface area contributed by atoms with Crippen molar-refractivity contribution in [2.45, 2.75) is 118 Å². The Hall–Kier alpha value is -2.77. The monoisotopic (exact) mass is 519 g/mol. The van der Waals surface area contributed by atoms with Gasteiger partial charge >= 0.3 is 6.09 Å². The maximum atomic E-state index is 13.6. The van der Waals surface area contributed by atoms with E-state index in [0.717, 1.165) is 44.9 Å². The molecular weight excluding hydrogens is 470 g/mol. The molecule has 2 unspecified atom stereocenters. The van der Waals surface area contributed by atoms with Crippen LogP contribution in [-0.2, 0) is 14.3 Å². The zero-order valence-electron chi connectivity index (χ0n) is 24.0. The Morgan fingerprint density at radius 2 is 1.68 bits per heavy atom. The molecule has 210 valence electrons. The molecular formula is C29H49N3O5. The van der Waals surface area contributed by atoms with Crippen LogP contribution in [0.5, 0.6) is 5.75 Å². The molecule has 3 amide bonds. The number of unbranched alkanes of at least 4 members (excludes halogenated alkanes) is 5. The first-order chi connectivity index (χ1) is 17.4. The quantitative estimate of drug-likeness (QED) is 0.255. The number of ether oxygens (including phenoxy) is 1. The number of phenols is 1. The van der Waals surface area contributed by atoms with Crippen LogP contribution in [0.25, 0.3) is 0 Å². The zero-order valence-corrected chi connectivity index (χ0v) is 24.0. The Balaban J connectivity index is 3.23. The number of hydrogen-bond donors (Lipinski definition) is 3. The molecule has 0 fully saturated rings. The maximum absolute atomic E-state index is 13.6. The number of phenolic OH excluding ortho intramolecular Hbond substituents is 1. The summed E-state index contributed by atoms with van der Waals surface area (Å²) in [4.78, 5) is 40.8. The highest BCUT2D eigenvalue weighted by Crippen LogP contribution is 2.27. The molecule has 0 saturated heterocycles. The largest absolute Gasteiger partial charge is 0.508 e. The van der Waals surface area contributed by atoms with Crippen LogP contribution in [0.3, 0.4) is 0 Å². The van der Waals surface area contributed by atoms with Crippen molar-refractivity contribution in [1.29, 1.82) is 0 Å². The van der Waals surface area contributed by atoms with Crippen molar-refractivity contribution in [2.24, 2.45) is 0 Å². The Kier molecular flexibility index (Phi) is 14.1. The van der Waals surface area contributed by atoms with Gasteiger partial charge in [-0.3, -0.25) is 9.59 Å². The van der Waals surface area contributed by atoms with E-state index in [1.54, 1.807) is 50.8 Å².